The number of hydrogen-bond donors (Lipinski definition) is 3. The van der Waals surface area contributed by atoms with Crippen molar-refractivity contribution in [3.63, 3.8) is 0 Å². The van der Waals surface area contributed by atoms with Crippen LogP contribution in [0.1, 0.15) is 12.8 Å². The van der Waals surface area contributed by atoms with Gasteiger partial charge in [-0.2, -0.15) is 11.8 Å². The maximum Gasteiger partial charge on any atom is 0.414 e. The molecule has 0 unspecified atom stereocenters. The molecule has 0 saturated carbocycles. The largest absolute Gasteiger partial charge is 0.473 e. The smallest absolute Gasteiger partial charge is 0.414 e. The van der Waals surface area contributed by atoms with Gasteiger partial charge in [-0.1, -0.05) is 0 Å². The normalized spacial score (nSPS) is 22.1. The minimum Gasteiger partial charge on any atom is -0.473 e. The summed E-state index contributed by atoms with van der Waals surface area (Å²) in [4.78, 5) is 18.2. The van der Waals surface area contributed by atoms with Crippen molar-refractivity contribution in [1.82, 2.24) is 5.32 Å². The molecule has 86 valence electrons. The molecule has 0 aromatic heterocycles. The molecule has 2 fully saturated rings. The molecule has 1 spiro atoms. The van der Waals surface area contributed by atoms with Gasteiger partial charge < -0.3 is 15.5 Å². The van der Waals surface area contributed by atoms with E-state index in [1.54, 1.807) is 0 Å². The van der Waals surface area contributed by atoms with E-state index >= 15 is 0 Å². The number of hydrogen-bond acceptors (Lipinski definition) is 4. The molecule has 0 aromatic rings. The van der Waals surface area contributed by atoms with E-state index < -0.39 is 11.9 Å². The van der Waals surface area contributed by atoms with E-state index in [9.17, 15) is 0 Å². The number of aliphatic carboxylic acids is 2. The van der Waals surface area contributed by atoms with Crippen LogP contribution < -0.4 is 5.32 Å². The van der Waals surface area contributed by atoms with Gasteiger partial charge in [0.2, 0.25) is 0 Å². The van der Waals surface area contributed by atoms with Crippen LogP contribution in [0, 0.1) is 5.41 Å². The molecule has 0 aliphatic carbocycles. The Hall–Kier alpha value is -0.750. The molecular formula is C9H15NO4S. The summed E-state index contributed by atoms with van der Waals surface area (Å²) >= 11 is 2.12. The van der Waals surface area contributed by atoms with E-state index in [0.29, 0.717) is 0 Å². The SMILES string of the molecule is C1CC2(CCS1)CNC2.O=C(O)C(=O)O. The second kappa shape index (κ2) is 5.37. The Balaban J connectivity index is 0.000000167. The third kappa shape index (κ3) is 3.71. The van der Waals surface area contributed by atoms with Crippen molar-refractivity contribution in [1.29, 1.82) is 0 Å². The van der Waals surface area contributed by atoms with Gasteiger partial charge in [0.25, 0.3) is 0 Å². The van der Waals surface area contributed by atoms with Crippen LogP contribution in [0.25, 0.3) is 0 Å². The number of nitrogens with one attached hydrogen (secondary N) is 1. The highest BCUT2D eigenvalue weighted by Crippen LogP contribution is 2.37. The van der Waals surface area contributed by atoms with Crippen molar-refractivity contribution in [2.24, 2.45) is 5.41 Å². The van der Waals surface area contributed by atoms with E-state index in [1.165, 1.54) is 37.4 Å². The Morgan fingerprint density at radius 1 is 1.07 bits per heavy atom. The fraction of sp³-hybridized carbons (Fsp3) is 0.778. The number of rotatable bonds is 0. The Bertz CT molecular complexity index is 232. The van der Waals surface area contributed by atoms with Gasteiger partial charge in [-0.25, -0.2) is 9.59 Å². The summed E-state index contributed by atoms with van der Waals surface area (Å²) in [7, 11) is 0. The fourth-order valence-electron chi connectivity index (χ4n) is 1.64. The topological polar surface area (TPSA) is 86.6 Å². The molecular weight excluding hydrogens is 218 g/mol. The van der Waals surface area contributed by atoms with Crippen molar-refractivity contribution >= 4 is 23.7 Å². The van der Waals surface area contributed by atoms with Crippen molar-refractivity contribution in [3.05, 3.63) is 0 Å². The first-order valence-electron chi connectivity index (χ1n) is 4.80. The first-order valence-corrected chi connectivity index (χ1v) is 5.96. The van der Waals surface area contributed by atoms with Crippen LogP contribution in [0.3, 0.4) is 0 Å². The van der Waals surface area contributed by atoms with Gasteiger partial charge in [-0.15, -0.1) is 0 Å². The number of carboxylic acid groups (broad SMARTS) is 2. The molecule has 0 atom stereocenters. The van der Waals surface area contributed by atoms with Gasteiger partial charge in [0.15, 0.2) is 0 Å². The lowest BCUT2D eigenvalue weighted by molar-refractivity contribution is -0.159. The molecule has 6 heteroatoms. The van der Waals surface area contributed by atoms with Gasteiger partial charge >= 0.3 is 11.9 Å². The molecule has 3 N–H and O–H groups in total. The van der Waals surface area contributed by atoms with Gasteiger partial charge in [-0.05, 0) is 29.8 Å². The molecule has 15 heavy (non-hydrogen) atoms. The zero-order valence-electron chi connectivity index (χ0n) is 8.36. The molecule has 0 radical (unpaired) electrons. The molecule has 2 aliphatic heterocycles. The third-order valence-corrected chi connectivity index (χ3v) is 3.72. The summed E-state index contributed by atoms with van der Waals surface area (Å²) in [6.07, 6.45) is 2.93. The summed E-state index contributed by atoms with van der Waals surface area (Å²) in [5.41, 5.74) is 0.769. The fourth-order valence-corrected chi connectivity index (χ4v) is 3.00. The van der Waals surface area contributed by atoms with Crippen LogP contribution in [0.5, 0.6) is 0 Å². The van der Waals surface area contributed by atoms with Gasteiger partial charge in [0.1, 0.15) is 0 Å². The highest BCUT2D eigenvalue weighted by atomic mass is 32.2. The molecule has 5 nitrogen and oxygen atoms in total. The van der Waals surface area contributed by atoms with E-state index in [0.717, 1.165) is 5.41 Å². The minimum atomic E-state index is -1.82. The highest BCUT2D eigenvalue weighted by Gasteiger charge is 2.37. The first kappa shape index (κ1) is 12.3. The van der Waals surface area contributed by atoms with Crippen LogP contribution in [-0.2, 0) is 9.59 Å². The predicted molar refractivity (Wildman–Crippen MR) is 57.1 cm³/mol. The quantitative estimate of drug-likeness (QED) is 0.520. The average Bonchev–Trinajstić information content (AvgIpc) is 2.17. The standard InChI is InChI=1S/C7H13NS.C2H2O4/c1-3-9-4-2-7(1)5-8-6-7;3-1(4)2(5)6/h8H,1-6H2;(H,3,4)(H,5,6). The van der Waals surface area contributed by atoms with Crippen LogP contribution in [-0.4, -0.2) is 46.7 Å². The van der Waals surface area contributed by atoms with Crippen LogP contribution in [0.4, 0.5) is 0 Å². The predicted octanol–water partition coefficient (Wildman–Crippen LogP) is 0.259. The van der Waals surface area contributed by atoms with Crippen LogP contribution >= 0.6 is 11.8 Å². The van der Waals surface area contributed by atoms with Crippen molar-refractivity contribution in [3.8, 4) is 0 Å². The Morgan fingerprint density at radius 3 is 1.73 bits per heavy atom. The van der Waals surface area contributed by atoms with E-state index in [1.807, 2.05) is 0 Å². The molecule has 2 heterocycles. The van der Waals surface area contributed by atoms with Crippen LogP contribution in [0.2, 0.25) is 0 Å². The zero-order chi connectivity index (χ0) is 11.3. The number of thioether (sulfide) groups is 1. The van der Waals surface area contributed by atoms with Crippen molar-refractivity contribution < 1.29 is 19.8 Å². The average molecular weight is 233 g/mol. The maximum atomic E-state index is 9.10. The monoisotopic (exact) mass is 233 g/mol. The second-order valence-electron chi connectivity index (χ2n) is 3.83. The number of carboxylic acids is 2. The molecule has 2 rings (SSSR count). The van der Waals surface area contributed by atoms with E-state index in [2.05, 4.69) is 17.1 Å². The Morgan fingerprint density at radius 2 is 1.53 bits per heavy atom. The summed E-state index contributed by atoms with van der Waals surface area (Å²) in [5.74, 6) is -0.839. The highest BCUT2D eigenvalue weighted by molar-refractivity contribution is 7.99. The third-order valence-electron chi connectivity index (χ3n) is 2.74. The second-order valence-corrected chi connectivity index (χ2v) is 5.05. The first-order chi connectivity index (χ1) is 7.06. The molecule has 2 saturated heterocycles. The lowest BCUT2D eigenvalue weighted by Crippen LogP contribution is -2.54. The summed E-state index contributed by atoms with van der Waals surface area (Å²) in [6.45, 7) is 2.60. The molecule has 2 aliphatic rings. The van der Waals surface area contributed by atoms with Crippen LogP contribution in [0.15, 0.2) is 0 Å². The van der Waals surface area contributed by atoms with Gasteiger partial charge in [0.05, 0.1) is 0 Å². The molecule has 0 bridgehead atoms. The Kier molecular flexibility index (Phi) is 4.41. The maximum absolute atomic E-state index is 9.10. The lowest BCUT2D eigenvalue weighted by Gasteiger charge is -2.45. The van der Waals surface area contributed by atoms with Gasteiger partial charge in [-0.3, -0.25) is 0 Å². The zero-order valence-corrected chi connectivity index (χ0v) is 9.18. The lowest BCUT2D eigenvalue weighted by atomic mass is 9.77. The molecule has 0 aromatic carbocycles. The summed E-state index contributed by atoms with van der Waals surface area (Å²) in [5, 5.41) is 18.1. The number of carbonyl (C=O) groups is 2. The van der Waals surface area contributed by atoms with E-state index in [4.69, 9.17) is 19.8 Å². The summed E-state index contributed by atoms with van der Waals surface area (Å²) < 4.78 is 0. The van der Waals surface area contributed by atoms with Crippen molar-refractivity contribution in [2.75, 3.05) is 24.6 Å². The summed E-state index contributed by atoms with van der Waals surface area (Å²) in [6, 6.07) is 0. The van der Waals surface area contributed by atoms with Gasteiger partial charge in [0, 0.05) is 13.1 Å². The molecule has 0 amide bonds. The Labute approximate surface area is 92.2 Å². The van der Waals surface area contributed by atoms with E-state index in [-0.39, 0.29) is 0 Å². The van der Waals surface area contributed by atoms with Crippen molar-refractivity contribution in [2.45, 2.75) is 12.8 Å². The minimum absolute atomic E-state index is 0.769.